The van der Waals surface area contributed by atoms with Crippen molar-refractivity contribution in [2.24, 2.45) is 23.7 Å². The maximum absolute atomic E-state index is 15.4. The van der Waals surface area contributed by atoms with Gasteiger partial charge in [0.05, 0.1) is 34.5 Å². The molecule has 58 heavy (non-hydrogen) atoms. The Morgan fingerprint density at radius 2 is 1.55 bits per heavy atom. The molecule has 1 aromatic heterocycles. The van der Waals surface area contributed by atoms with Gasteiger partial charge >= 0.3 is 0 Å². The molecule has 2 aliphatic carbocycles. The first-order valence-electron chi connectivity index (χ1n) is 18.7. The topological polar surface area (TPSA) is 133 Å². The predicted molar refractivity (Wildman–Crippen MR) is 209 cm³/mol. The summed E-state index contributed by atoms with van der Waals surface area (Å²) < 4.78 is 35.2. The predicted octanol–water partition coefficient (Wildman–Crippen LogP) is 8.32. The van der Waals surface area contributed by atoms with Gasteiger partial charge in [0, 0.05) is 22.1 Å². The van der Waals surface area contributed by atoms with E-state index in [-0.39, 0.29) is 24.1 Å². The lowest BCUT2D eigenvalue weighted by molar-refractivity contribution is -0.138. The van der Waals surface area contributed by atoms with Gasteiger partial charge in [-0.05, 0) is 103 Å². The number of para-hydroxylation sites is 3. The van der Waals surface area contributed by atoms with E-state index in [1.54, 1.807) is 48.5 Å². The summed E-state index contributed by atoms with van der Waals surface area (Å²) in [6.45, 7) is 0. The van der Waals surface area contributed by atoms with Crippen molar-refractivity contribution in [2.45, 2.75) is 24.2 Å². The van der Waals surface area contributed by atoms with Crippen LogP contribution < -0.4 is 10.3 Å². The SMILES string of the molecule is O=C1C2CC3C(=CCC4C(=O)N(c5ccc(-c6nc7ccccc7o6)cc5)C(=O)C43)C(c3cccc(F)c3O)C2(c2ccc(Cl)cc2)C(=O)N1Nc1ccc(F)cc1. The molecule has 0 bridgehead atoms. The molecule has 13 heteroatoms. The molecule has 10 nitrogen and oxygen atoms in total. The van der Waals surface area contributed by atoms with Gasteiger partial charge in [-0.1, -0.05) is 59.6 Å². The number of imide groups is 2. The Kier molecular flexibility index (Phi) is 8.13. The van der Waals surface area contributed by atoms with Crippen LogP contribution in [0.2, 0.25) is 5.02 Å². The minimum atomic E-state index is -1.78. The second kappa shape index (κ2) is 13.2. The highest BCUT2D eigenvalue weighted by molar-refractivity contribution is 6.30. The molecule has 10 rings (SSSR count). The molecule has 6 atom stereocenters. The summed E-state index contributed by atoms with van der Waals surface area (Å²) in [5, 5.41) is 12.7. The Morgan fingerprint density at radius 1 is 0.810 bits per heavy atom. The van der Waals surface area contributed by atoms with Crippen molar-refractivity contribution in [2.75, 3.05) is 10.3 Å². The molecule has 0 radical (unpaired) electrons. The van der Waals surface area contributed by atoms with E-state index >= 15 is 9.18 Å². The number of hydrogen-bond donors (Lipinski definition) is 2. The monoisotopic (exact) mass is 796 g/mol. The smallest absolute Gasteiger partial charge is 0.260 e. The number of aromatic hydroxyl groups is 1. The van der Waals surface area contributed by atoms with Crippen LogP contribution in [0.25, 0.3) is 22.6 Å². The van der Waals surface area contributed by atoms with E-state index in [1.807, 2.05) is 30.3 Å². The third-order valence-electron chi connectivity index (χ3n) is 12.3. The second-order valence-electron chi connectivity index (χ2n) is 15.1. The van der Waals surface area contributed by atoms with E-state index in [0.717, 1.165) is 11.1 Å². The third kappa shape index (κ3) is 5.17. The van der Waals surface area contributed by atoms with E-state index in [9.17, 15) is 23.9 Å². The molecule has 6 unspecified atom stereocenters. The third-order valence-corrected chi connectivity index (χ3v) is 12.5. The van der Waals surface area contributed by atoms with E-state index in [0.29, 0.717) is 44.4 Å². The lowest BCUT2D eigenvalue weighted by atomic mass is 9.49. The Labute approximate surface area is 334 Å². The van der Waals surface area contributed by atoms with Crippen LogP contribution in [0.15, 0.2) is 131 Å². The summed E-state index contributed by atoms with van der Waals surface area (Å²) in [5.74, 6) is -8.83. The minimum absolute atomic E-state index is 0.0299. The number of phenols is 1. The average molecular weight is 797 g/mol. The molecule has 4 aliphatic rings. The van der Waals surface area contributed by atoms with Crippen molar-refractivity contribution in [3.05, 3.63) is 155 Å². The van der Waals surface area contributed by atoms with Gasteiger partial charge in [0.15, 0.2) is 17.1 Å². The molecule has 1 saturated carbocycles. The van der Waals surface area contributed by atoms with Crippen molar-refractivity contribution < 1.29 is 37.5 Å². The second-order valence-corrected chi connectivity index (χ2v) is 15.5. The number of benzene rings is 5. The highest BCUT2D eigenvalue weighted by Gasteiger charge is 2.70. The fraction of sp³-hybridized carbons (Fsp3) is 0.178. The van der Waals surface area contributed by atoms with Gasteiger partial charge in [0.1, 0.15) is 11.3 Å². The van der Waals surface area contributed by atoms with Crippen LogP contribution in [-0.2, 0) is 24.6 Å². The van der Waals surface area contributed by atoms with Gasteiger partial charge in [0.2, 0.25) is 17.7 Å². The summed E-state index contributed by atoms with van der Waals surface area (Å²) in [4.78, 5) is 64.7. The van der Waals surface area contributed by atoms with Gasteiger partial charge in [-0.25, -0.2) is 13.8 Å². The Morgan fingerprint density at radius 3 is 2.29 bits per heavy atom. The number of allylic oxidation sites excluding steroid dienone is 2. The number of nitrogens with zero attached hydrogens (tertiary/aromatic N) is 3. The summed E-state index contributed by atoms with van der Waals surface area (Å²) in [6, 6.07) is 29.7. The van der Waals surface area contributed by atoms with Crippen LogP contribution in [0, 0.1) is 35.3 Å². The van der Waals surface area contributed by atoms with Crippen LogP contribution >= 0.6 is 11.6 Å². The van der Waals surface area contributed by atoms with Crippen LogP contribution in [0.5, 0.6) is 5.75 Å². The zero-order valence-electron chi connectivity index (χ0n) is 30.3. The number of phenolic OH excluding ortho intramolecular Hbond substituents is 1. The van der Waals surface area contributed by atoms with E-state index in [1.165, 1.54) is 41.3 Å². The maximum atomic E-state index is 15.4. The fourth-order valence-corrected chi connectivity index (χ4v) is 9.89. The fourth-order valence-electron chi connectivity index (χ4n) is 9.77. The molecule has 4 amide bonds. The van der Waals surface area contributed by atoms with Crippen LogP contribution in [0.1, 0.15) is 29.9 Å². The Balaban J connectivity index is 1.08. The van der Waals surface area contributed by atoms with E-state index in [4.69, 9.17) is 16.0 Å². The number of halogens is 3. The zero-order chi connectivity index (χ0) is 40.0. The number of oxazole rings is 1. The standard InChI is InChI=1S/C45H31ClF2N4O6/c46-25-12-10-24(11-13-25)45-33(42(55)52(44(45)57)50-27-16-14-26(47)15-17-27)22-32-29(38(45)31-4-3-5-34(48)39(31)53)20-21-30-37(32)43(56)51(41(30)54)28-18-8-23(9-19-28)40-49-35-6-1-2-7-36(35)58-40/h1-20,30,32-33,37-38,50,53H,21-22H2. The molecule has 2 aliphatic heterocycles. The quantitative estimate of drug-likeness (QED) is 0.127. The summed E-state index contributed by atoms with van der Waals surface area (Å²) in [6.07, 6.45) is 1.90. The van der Waals surface area contributed by atoms with E-state index < -0.39 is 76.0 Å². The number of carbonyl (C=O) groups is 4. The number of aromatic nitrogens is 1. The first-order chi connectivity index (χ1) is 28.1. The number of anilines is 2. The molecular weight excluding hydrogens is 766 g/mol. The van der Waals surface area contributed by atoms with Gasteiger partial charge in [-0.15, -0.1) is 0 Å². The van der Waals surface area contributed by atoms with Crippen LogP contribution in [-0.4, -0.2) is 38.7 Å². The van der Waals surface area contributed by atoms with Gasteiger partial charge in [-0.3, -0.25) is 29.5 Å². The molecular formula is C45H31ClF2N4O6. The first-order valence-corrected chi connectivity index (χ1v) is 19.1. The number of amides is 4. The van der Waals surface area contributed by atoms with Gasteiger partial charge in [-0.2, -0.15) is 5.01 Å². The number of rotatable bonds is 6. The van der Waals surface area contributed by atoms with Crippen molar-refractivity contribution in [3.63, 3.8) is 0 Å². The van der Waals surface area contributed by atoms with Crippen LogP contribution in [0.3, 0.4) is 0 Å². The average Bonchev–Trinajstić information content (AvgIpc) is 3.85. The van der Waals surface area contributed by atoms with Crippen molar-refractivity contribution in [3.8, 4) is 17.2 Å². The van der Waals surface area contributed by atoms with Crippen LogP contribution in [0.4, 0.5) is 20.2 Å². The zero-order valence-corrected chi connectivity index (χ0v) is 31.1. The molecule has 6 aromatic rings. The molecule has 2 N–H and O–H groups in total. The molecule has 3 heterocycles. The lowest BCUT2D eigenvalue weighted by Crippen LogP contribution is -2.53. The Bertz CT molecular complexity index is 2700. The largest absolute Gasteiger partial charge is 0.505 e. The molecule has 0 spiro atoms. The minimum Gasteiger partial charge on any atom is -0.505 e. The molecule has 5 aromatic carbocycles. The molecule has 288 valence electrons. The Hall–Kier alpha value is -6.66. The first kappa shape index (κ1) is 35.7. The summed E-state index contributed by atoms with van der Waals surface area (Å²) in [7, 11) is 0. The number of fused-ring (bicyclic) bond motifs is 5. The number of hydrazine groups is 1. The number of carbonyl (C=O) groups excluding carboxylic acids is 4. The highest BCUT2D eigenvalue weighted by atomic mass is 35.5. The summed E-state index contributed by atoms with van der Waals surface area (Å²) in [5.41, 5.74) is 4.61. The van der Waals surface area contributed by atoms with Crippen molar-refractivity contribution >= 4 is 57.7 Å². The van der Waals surface area contributed by atoms with E-state index in [2.05, 4.69) is 10.4 Å². The highest BCUT2D eigenvalue weighted by Crippen LogP contribution is 2.65. The lowest BCUT2D eigenvalue weighted by Gasteiger charge is -2.50. The number of hydrogen-bond acceptors (Lipinski definition) is 8. The normalized spacial score (nSPS) is 25.2. The van der Waals surface area contributed by atoms with Gasteiger partial charge in [0.25, 0.3) is 11.8 Å². The summed E-state index contributed by atoms with van der Waals surface area (Å²) >= 11 is 6.34. The van der Waals surface area contributed by atoms with Crippen molar-refractivity contribution in [1.82, 2.24) is 9.99 Å². The number of nitrogens with one attached hydrogen (secondary N) is 1. The van der Waals surface area contributed by atoms with Crippen molar-refractivity contribution in [1.29, 1.82) is 0 Å². The molecule has 3 fully saturated rings. The maximum Gasteiger partial charge on any atom is 0.260 e. The molecule has 2 saturated heterocycles. The van der Waals surface area contributed by atoms with Gasteiger partial charge < -0.3 is 9.52 Å².